The summed E-state index contributed by atoms with van der Waals surface area (Å²) >= 11 is 0. The van der Waals surface area contributed by atoms with E-state index in [0.29, 0.717) is 5.52 Å². The molecule has 11 nitrogen and oxygen atoms in total. The molecule has 3 amide bonds. The fourth-order valence-corrected chi connectivity index (χ4v) is 4.16. The largest absolute Gasteiger partial charge is 0.436 e. The topological polar surface area (TPSA) is 130 Å². The van der Waals surface area contributed by atoms with Gasteiger partial charge in [-0.25, -0.2) is 18.6 Å². The molecular formula is C30H38F2N6O5. The Balaban J connectivity index is 1.83. The second kappa shape index (κ2) is 13.6. The summed E-state index contributed by atoms with van der Waals surface area (Å²) in [7, 11) is 6.14. The summed E-state index contributed by atoms with van der Waals surface area (Å²) < 4.78 is 35.7. The Labute approximate surface area is 248 Å². The molecule has 0 saturated carbocycles. The molecule has 2 N–H and O–H groups in total. The van der Waals surface area contributed by atoms with Crippen LogP contribution in [0.4, 0.5) is 19.3 Å². The maximum Gasteiger partial charge on any atom is 0.410 e. The zero-order chi connectivity index (χ0) is 32.1. The van der Waals surface area contributed by atoms with Gasteiger partial charge in [-0.05, 0) is 42.9 Å². The highest BCUT2D eigenvalue weighted by Gasteiger charge is 2.25. The van der Waals surface area contributed by atoms with Gasteiger partial charge in [-0.15, -0.1) is 0 Å². The first-order valence-corrected chi connectivity index (χ1v) is 13.7. The monoisotopic (exact) mass is 600 g/mol. The van der Waals surface area contributed by atoms with Gasteiger partial charge in [0.2, 0.25) is 5.91 Å². The van der Waals surface area contributed by atoms with Crippen LogP contribution in [-0.2, 0) is 27.3 Å². The number of aromatic amines is 1. The molecule has 0 radical (unpaired) electrons. The number of hydrogen-bond donors (Lipinski definition) is 2. The molecule has 0 aliphatic rings. The average molecular weight is 601 g/mol. The molecule has 13 heteroatoms. The zero-order valence-corrected chi connectivity index (χ0v) is 25.5. The van der Waals surface area contributed by atoms with E-state index < -0.39 is 35.3 Å². The molecular weight excluding hydrogens is 562 g/mol. The lowest BCUT2D eigenvalue weighted by atomic mass is 9.87. The van der Waals surface area contributed by atoms with E-state index in [-0.39, 0.29) is 59.7 Å². The highest BCUT2D eigenvalue weighted by atomic mass is 19.2. The number of carbonyl (C=O) groups is 3. The SMILES string of the molecule is CN(C)C(=O)/C=C/CC[C@H](OC(=O)N(C)C)C(=O)Nc1cccn(Cc2nc3c(CC(C)(C)C)c(F)c(F)cc3[nH]2)c1=O. The number of ether oxygens (including phenoxy) is 1. The number of anilines is 1. The maximum atomic E-state index is 14.7. The van der Waals surface area contributed by atoms with Crippen molar-refractivity contribution >= 4 is 34.6 Å². The number of allylic oxidation sites excluding steroid dienone is 1. The van der Waals surface area contributed by atoms with Gasteiger partial charge < -0.3 is 29.4 Å². The van der Waals surface area contributed by atoms with E-state index >= 15 is 0 Å². The Morgan fingerprint density at radius 2 is 1.86 bits per heavy atom. The summed E-state index contributed by atoms with van der Waals surface area (Å²) in [4.78, 5) is 60.3. The fourth-order valence-electron chi connectivity index (χ4n) is 4.16. The number of nitrogens with one attached hydrogen (secondary N) is 2. The highest BCUT2D eigenvalue weighted by molar-refractivity contribution is 5.95. The van der Waals surface area contributed by atoms with Crippen molar-refractivity contribution < 1.29 is 27.9 Å². The predicted octanol–water partition coefficient (Wildman–Crippen LogP) is 4.07. The van der Waals surface area contributed by atoms with Crippen molar-refractivity contribution in [1.82, 2.24) is 24.3 Å². The number of amides is 3. The van der Waals surface area contributed by atoms with Crippen molar-refractivity contribution in [2.24, 2.45) is 5.41 Å². The minimum atomic E-state index is -1.25. The zero-order valence-electron chi connectivity index (χ0n) is 25.5. The van der Waals surface area contributed by atoms with E-state index in [4.69, 9.17) is 4.74 Å². The summed E-state index contributed by atoms with van der Waals surface area (Å²) in [6.45, 7) is 5.65. The lowest BCUT2D eigenvalue weighted by molar-refractivity contribution is -0.125. The molecule has 0 aliphatic carbocycles. The molecule has 3 rings (SSSR count). The molecule has 0 spiro atoms. The van der Waals surface area contributed by atoms with Crippen LogP contribution in [0.15, 0.2) is 41.3 Å². The number of imidazole rings is 1. The molecule has 2 heterocycles. The molecule has 2 aromatic heterocycles. The van der Waals surface area contributed by atoms with Crippen molar-refractivity contribution in [1.29, 1.82) is 0 Å². The number of fused-ring (bicyclic) bond motifs is 1. The molecule has 1 aromatic carbocycles. The van der Waals surface area contributed by atoms with Gasteiger partial charge in [-0.2, -0.15) is 0 Å². The highest BCUT2D eigenvalue weighted by Crippen LogP contribution is 2.29. The lowest BCUT2D eigenvalue weighted by Crippen LogP contribution is -2.37. The van der Waals surface area contributed by atoms with Crippen LogP contribution in [0.5, 0.6) is 0 Å². The summed E-state index contributed by atoms with van der Waals surface area (Å²) in [5.41, 5.74) is -0.234. The fraction of sp³-hybridized carbons (Fsp3) is 0.433. The molecule has 232 valence electrons. The quantitative estimate of drug-likeness (QED) is 0.338. The van der Waals surface area contributed by atoms with Gasteiger partial charge in [0.25, 0.3) is 11.5 Å². The van der Waals surface area contributed by atoms with E-state index in [2.05, 4.69) is 15.3 Å². The normalized spacial score (nSPS) is 12.4. The van der Waals surface area contributed by atoms with Gasteiger partial charge in [0.15, 0.2) is 17.7 Å². The number of likely N-dealkylation sites (N-methyl/N-ethyl adjacent to an activating group) is 1. The molecule has 0 bridgehead atoms. The smallest absolute Gasteiger partial charge is 0.410 e. The number of hydrogen-bond acceptors (Lipinski definition) is 6. The van der Waals surface area contributed by atoms with E-state index in [0.717, 1.165) is 6.07 Å². The second-order valence-corrected chi connectivity index (χ2v) is 11.8. The molecule has 0 aliphatic heterocycles. The van der Waals surface area contributed by atoms with E-state index in [1.165, 1.54) is 46.8 Å². The van der Waals surface area contributed by atoms with Crippen LogP contribution in [-0.4, -0.2) is 76.5 Å². The number of pyridine rings is 1. The third-order valence-corrected chi connectivity index (χ3v) is 6.32. The molecule has 0 unspecified atom stereocenters. The molecule has 0 saturated heterocycles. The molecule has 43 heavy (non-hydrogen) atoms. The second-order valence-electron chi connectivity index (χ2n) is 11.8. The van der Waals surface area contributed by atoms with Crippen LogP contribution in [0.3, 0.4) is 0 Å². The summed E-state index contributed by atoms with van der Waals surface area (Å²) in [5, 5.41) is 2.53. The molecule has 1 atom stereocenters. The number of aromatic nitrogens is 3. The minimum absolute atomic E-state index is 0.0622. The van der Waals surface area contributed by atoms with Crippen molar-refractivity contribution in [2.75, 3.05) is 33.5 Å². The Morgan fingerprint density at radius 1 is 1.16 bits per heavy atom. The maximum absolute atomic E-state index is 14.7. The van der Waals surface area contributed by atoms with Crippen molar-refractivity contribution in [3.8, 4) is 0 Å². The third kappa shape index (κ3) is 8.72. The van der Waals surface area contributed by atoms with Crippen LogP contribution in [0.2, 0.25) is 0 Å². The number of rotatable bonds is 10. The van der Waals surface area contributed by atoms with Crippen LogP contribution in [0.1, 0.15) is 45.0 Å². The summed E-state index contributed by atoms with van der Waals surface area (Å²) in [6.07, 6.45) is 2.98. The van der Waals surface area contributed by atoms with Crippen LogP contribution >= 0.6 is 0 Å². The first kappa shape index (κ1) is 33.0. The molecule has 3 aromatic rings. The first-order chi connectivity index (χ1) is 20.1. The Bertz CT molecular complexity index is 1590. The first-order valence-electron chi connectivity index (χ1n) is 13.7. The summed E-state index contributed by atoms with van der Waals surface area (Å²) in [6, 6.07) is 3.98. The van der Waals surface area contributed by atoms with Gasteiger partial charge in [0, 0.05) is 46.0 Å². The Kier molecular flexibility index (Phi) is 10.4. The van der Waals surface area contributed by atoms with Crippen molar-refractivity contribution in [2.45, 2.75) is 52.7 Å². The number of nitrogens with zero attached hydrogens (tertiary/aromatic N) is 4. The summed E-state index contributed by atoms with van der Waals surface area (Å²) in [5.74, 6) is -2.61. The van der Waals surface area contributed by atoms with E-state index in [9.17, 15) is 28.0 Å². The van der Waals surface area contributed by atoms with Crippen molar-refractivity contribution in [3.05, 3.63) is 69.9 Å². The van der Waals surface area contributed by atoms with Crippen molar-refractivity contribution in [3.63, 3.8) is 0 Å². The van der Waals surface area contributed by atoms with Gasteiger partial charge in [-0.1, -0.05) is 26.8 Å². The van der Waals surface area contributed by atoms with Gasteiger partial charge in [0.05, 0.1) is 17.6 Å². The van der Waals surface area contributed by atoms with Gasteiger partial charge >= 0.3 is 6.09 Å². The van der Waals surface area contributed by atoms with E-state index in [1.807, 2.05) is 20.8 Å². The minimum Gasteiger partial charge on any atom is -0.436 e. The predicted molar refractivity (Wildman–Crippen MR) is 159 cm³/mol. The van der Waals surface area contributed by atoms with Gasteiger partial charge in [-0.3, -0.25) is 14.4 Å². The average Bonchev–Trinajstić information content (AvgIpc) is 3.31. The Hall–Kier alpha value is -4.55. The lowest BCUT2D eigenvalue weighted by Gasteiger charge is -2.19. The number of benzene rings is 1. The van der Waals surface area contributed by atoms with Gasteiger partial charge in [0.1, 0.15) is 11.5 Å². The molecule has 0 fully saturated rings. The van der Waals surface area contributed by atoms with Crippen LogP contribution in [0.25, 0.3) is 11.0 Å². The standard InChI is InChI=1S/C30H38F2N6O5/c1-30(2,3)16-18-25(32)19(31)15-21-26(18)35-23(33-21)17-38-14-10-11-20(28(38)41)34-27(40)22(43-29(42)37(6)7)12-8-9-13-24(39)36(4)5/h9-11,13-15,22H,8,12,16-17H2,1-7H3,(H,33,35)(H,34,40)/b13-9+/t22-/m0/s1. The van der Waals surface area contributed by atoms with Crippen LogP contribution in [0, 0.1) is 17.0 Å². The number of H-pyrrole nitrogens is 1. The Morgan fingerprint density at radius 3 is 2.49 bits per heavy atom. The number of carbonyl (C=O) groups excluding carboxylic acids is 3. The number of halogens is 2. The van der Waals surface area contributed by atoms with E-state index in [1.54, 1.807) is 26.2 Å². The van der Waals surface area contributed by atoms with Crippen LogP contribution < -0.4 is 10.9 Å². The third-order valence-electron chi connectivity index (χ3n) is 6.32.